The van der Waals surface area contributed by atoms with Crippen molar-refractivity contribution in [2.24, 2.45) is 0 Å². The monoisotopic (exact) mass is 406 g/mol. The third-order valence-electron chi connectivity index (χ3n) is 10.3. The van der Waals surface area contributed by atoms with Crippen LogP contribution in [0.3, 0.4) is 0 Å². The predicted molar refractivity (Wildman–Crippen MR) is 122 cm³/mol. The molecule has 0 radical (unpaired) electrons. The highest BCUT2D eigenvalue weighted by atomic mass is 30.3. The molecule has 1 rings (SSSR count). The summed E-state index contributed by atoms with van der Waals surface area (Å²) in [4.78, 5) is 0. The third-order valence-corrected chi connectivity index (χ3v) is 201. The maximum Gasteiger partial charge on any atom is 0.0351 e. The Labute approximate surface area is 141 Å². The van der Waals surface area contributed by atoms with E-state index < -0.39 is 49.8 Å². The Bertz CT molecular complexity index is 415. The van der Waals surface area contributed by atoms with Crippen LogP contribution in [0.25, 0.3) is 0 Å². The van der Waals surface area contributed by atoms with Gasteiger partial charge >= 0.3 is 0 Å². The van der Waals surface area contributed by atoms with Gasteiger partial charge in [-0.05, 0) is 0 Å². The molecule has 1 heterocycles. The maximum absolute atomic E-state index is 3.01. The summed E-state index contributed by atoms with van der Waals surface area (Å²) in [6.07, 6.45) is 0. The molecular weight excluding hydrogens is 365 g/mol. The van der Waals surface area contributed by atoms with Crippen LogP contribution >= 0.6 is 0 Å². The second kappa shape index (κ2) is 4.78. The van der Waals surface area contributed by atoms with Gasteiger partial charge in [-0.2, -0.15) is 0 Å². The van der Waals surface area contributed by atoms with Crippen molar-refractivity contribution in [3.05, 3.63) is 0 Å². The lowest BCUT2D eigenvalue weighted by molar-refractivity contribution is 1.76. The smallest absolute Gasteiger partial charge is 0.0351 e. The summed E-state index contributed by atoms with van der Waals surface area (Å²) in [5.74, 6) is 0. The highest BCUT2D eigenvalue weighted by Crippen LogP contribution is 2.55. The molecule has 0 spiro atoms. The summed E-state index contributed by atoms with van der Waals surface area (Å²) in [6, 6.07) is 0. The molecule has 0 saturated carbocycles. The van der Waals surface area contributed by atoms with Gasteiger partial charge in [-0.15, -0.1) is 0 Å². The van der Waals surface area contributed by atoms with E-state index in [9.17, 15) is 0 Å². The van der Waals surface area contributed by atoms with Crippen molar-refractivity contribution in [2.75, 3.05) is 0 Å². The highest BCUT2D eigenvalue weighted by molar-refractivity contribution is 8.23. The van der Waals surface area contributed by atoms with Crippen LogP contribution in [0.15, 0.2) is 0 Å². The van der Waals surface area contributed by atoms with Crippen molar-refractivity contribution in [3.63, 3.8) is 0 Å². The molecule has 126 valence electrons. The molecule has 0 amide bonds. The van der Waals surface area contributed by atoms with Crippen molar-refractivity contribution in [2.45, 2.75) is 91.7 Å². The lowest BCUT2D eigenvalue weighted by Crippen LogP contribution is -2.88. The van der Waals surface area contributed by atoms with Gasteiger partial charge in [0, 0.05) is 49.8 Å². The van der Waals surface area contributed by atoms with Crippen LogP contribution in [-0.4, -0.2) is 49.8 Å². The highest BCUT2D eigenvalue weighted by Gasteiger charge is 2.81. The van der Waals surface area contributed by atoms with E-state index in [0.29, 0.717) is 0 Å². The van der Waals surface area contributed by atoms with E-state index >= 15 is 0 Å². The second-order valence-corrected chi connectivity index (χ2v) is 97.5. The summed E-state index contributed by atoms with van der Waals surface area (Å²) < 4.78 is 0. The molecule has 0 aromatic carbocycles. The van der Waals surface area contributed by atoms with Gasteiger partial charge in [0.1, 0.15) is 0 Å². The van der Waals surface area contributed by atoms with Crippen LogP contribution in [0, 0.1) is 0 Å². The summed E-state index contributed by atoms with van der Waals surface area (Å²) in [6.45, 7) is 39.0. The minimum Gasteiger partial charge on any atom is -0.0752 e. The molecule has 21 heavy (non-hydrogen) atoms. The molecular formula is C14H42Si7. The number of hydrogen-bond acceptors (Lipinski definition) is 0. The fourth-order valence-electron chi connectivity index (χ4n) is 5.91. The Hall–Kier alpha value is 1.52. The number of rotatable bonds is 2. The van der Waals surface area contributed by atoms with E-state index in [4.69, 9.17) is 0 Å². The Balaban J connectivity index is 3.85. The summed E-state index contributed by atoms with van der Waals surface area (Å²) >= 11 is 0. The van der Waals surface area contributed by atoms with Crippen LogP contribution < -0.4 is 0 Å². The van der Waals surface area contributed by atoms with Gasteiger partial charge in [-0.1, -0.05) is 91.7 Å². The van der Waals surface area contributed by atoms with Gasteiger partial charge in [-0.25, -0.2) is 0 Å². The first-order chi connectivity index (χ1) is 8.75. The lowest BCUT2D eigenvalue weighted by Gasteiger charge is -2.60. The molecule has 1 aliphatic rings. The van der Waals surface area contributed by atoms with Crippen molar-refractivity contribution in [3.8, 4) is 0 Å². The normalized spacial score (nSPS) is 29.4. The Morgan fingerprint density at radius 3 is 0.857 bits per heavy atom. The molecule has 0 N–H and O–H groups in total. The zero-order chi connectivity index (χ0) is 17.5. The molecule has 0 aromatic rings. The van der Waals surface area contributed by atoms with Crippen molar-refractivity contribution >= 4 is 49.8 Å². The minimum atomic E-state index is -1.07. The Kier molecular flexibility index (Phi) is 4.68. The van der Waals surface area contributed by atoms with E-state index in [-0.39, 0.29) is 0 Å². The molecule has 0 nitrogen and oxygen atoms in total. The SMILES string of the molecule is C[Si](C)(C)[Si](C)(C)[Si]1(C)[Si](C)(C)[Si](C)(C)[Si](C)(C)[Si]1(C)C. The summed E-state index contributed by atoms with van der Waals surface area (Å²) in [7, 11) is -6.16. The molecule has 0 atom stereocenters. The van der Waals surface area contributed by atoms with Crippen LogP contribution in [0.4, 0.5) is 0 Å². The minimum absolute atomic E-state index is 0.997. The van der Waals surface area contributed by atoms with E-state index in [1.54, 1.807) is 0 Å². The van der Waals surface area contributed by atoms with Crippen molar-refractivity contribution < 1.29 is 0 Å². The fourth-order valence-corrected chi connectivity index (χ4v) is 342. The van der Waals surface area contributed by atoms with Gasteiger partial charge in [0.25, 0.3) is 0 Å². The van der Waals surface area contributed by atoms with Gasteiger partial charge in [0.05, 0.1) is 0 Å². The summed E-state index contributed by atoms with van der Waals surface area (Å²) in [5, 5.41) is 0. The molecule has 0 aromatic heterocycles. The number of hydrogen-bond donors (Lipinski definition) is 0. The topological polar surface area (TPSA) is 0 Å². The predicted octanol–water partition coefficient (Wildman–Crippen LogP) is 5.51. The van der Waals surface area contributed by atoms with E-state index in [0.717, 1.165) is 0 Å². The first-order valence-electron chi connectivity index (χ1n) is 8.75. The molecule has 7 heteroatoms. The van der Waals surface area contributed by atoms with Crippen LogP contribution in [0.2, 0.25) is 91.7 Å². The maximum atomic E-state index is 3.01. The average Bonchev–Trinajstić information content (AvgIpc) is 2.28. The molecule has 0 aliphatic carbocycles. The molecule has 1 aliphatic heterocycles. The van der Waals surface area contributed by atoms with Crippen LogP contribution in [0.5, 0.6) is 0 Å². The standard InChI is InChI=1S/C14H42Si7/c1-15(2,3)16(4,5)21(14)19(10,11)17(6,7)18(8,9)20(21,12)13/h1-14H3. The van der Waals surface area contributed by atoms with Crippen LogP contribution in [0.1, 0.15) is 0 Å². The first kappa shape index (κ1) is 20.6. The van der Waals surface area contributed by atoms with E-state index in [1.807, 2.05) is 0 Å². The Morgan fingerprint density at radius 1 is 0.429 bits per heavy atom. The van der Waals surface area contributed by atoms with E-state index in [1.165, 1.54) is 0 Å². The molecule has 0 bridgehead atoms. The lowest BCUT2D eigenvalue weighted by atomic mass is 11.8. The summed E-state index contributed by atoms with van der Waals surface area (Å²) in [5.41, 5.74) is 0. The first-order valence-corrected chi connectivity index (χ1v) is 36.8. The zero-order valence-corrected chi connectivity index (χ0v) is 24.5. The second-order valence-electron chi connectivity index (χ2n) is 11.5. The molecule has 1 fully saturated rings. The van der Waals surface area contributed by atoms with Gasteiger partial charge in [0.2, 0.25) is 0 Å². The van der Waals surface area contributed by atoms with Gasteiger partial charge in [0.15, 0.2) is 0 Å². The van der Waals surface area contributed by atoms with E-state index in [2.05, 4.69) is 91.7 Å². The fraction of sp³-hybridized carbons (Fsp3) is 1.00. The average molecular weight is 407 g/mol. The van der Waals surface area contributed by atoms with Crippen molar-refractivity contribution in [1.82, 2.24) is 0 Å². The largest absolute Gasteiger partial charge is 0.0752 e. The van der Waals surface area contributed by atoms with Gasteiger partial charge in [-0.3, -0.25) is 0 Å². The van der Waals surface area contributed by atoms with Gasteiger partial charge < -0.3 is 0 Å². The zero-order valence-electron chi connectivity index (χ0n) is 17.5. The van der Waals surface area contributed by atoms with Crippen LogP contribution in [-0.2, 0) is 0 Å². The molecule has 1 saturated heterocycles. The third kappa shape index (κ3) is 1.97. The van der Waals surface area contributed by atoms with Crippen molar-refractivity contribution in [1.29, 1.82) is 0 Å². The Morgan fingerprint density at radius 2 is 0.667 bits per heavy atom. The quantitative estimate of drug-likeness (QED) is 0.530. The molecule has 0 unspecified atom stereocenters.